The van der Waals surface area contributed by atoms with Gasteiger partial charge in [-0.25, -0.2) is 9.78 Å². The van der Waals surface area contributed by atoms with Gasteiger partial charge in [-0.15, -0.1) is 0 Å². The Bertz CT molecular complexity index is 477. The summed E-state index contributed by atoms with van der Waals surface area (Å²) in [5, 5.41) is 12.6. The third-order valence-corrected chi connectivity index (χ3v) is 4.02. The molecule has 2 N–H and O–H groups in total. The zero-order chi connectivity index (χ0) is 14.7. The first-order valence-electron chi connectivity index (χ1n) is 7.48. The molecular formula is C16H24N2O2. The lowest BCUT2D eigenvalue weighted by molar-refractivity contribution is 0.0696. The molecule has 2 unspecified atom stereocenters. The molecule has 20 heavy (non-hydrogen) atoms. The number of rotatable bonds is 4. The molecule has 0 aromatic carbocycles. The van der Waals surface area contributed by atoms with Crippen LogP contribution in [0.4, 0.5) is 5.82 Å². The first kappa shape index (κ1) is 14.8. The van der Waals surface area contributed by atoms with Crippen molar-refractivity contribution in [2.45, 2.75) is 52.5 Å². The molecule has 1 fully saturated rings. The number of aromatic carboxylic acids is 1. The maximum absolute atomic E-state index is 11.2. The summed E-state index contributed by atoms with van der Waals surface area (Å²) in [6.07, 6.45) is 4.28. The van der Waals surface area contributed by atoms with E-state index in [1.165, 1.54) is 6.42 Å². The molecule has 0 amide bonds. The monoisotopic (exact) mass is 276 g/mol. The van der Waals surface area contributed by atoms with E-state index in [2.05, 4.69) is 24.1 Å². The van der Waals surface area contributed by atoms with Gasteiger partial charge in [0.05, 0.1) is 5.56 Å². The normalized spacial score (nSPS) is 26.2. The van der Waals surface area contributed by atoms with E-state index in [9.17, 15) is 4.79 Å². The van der Waals surface area contributed by atoms with Gasteiger partial charge < -0.3 is 10.4 Å². The molecule has 0 aliphatic heterocycles. The van der Waals surface area contributed by atoms with Crippen LogP contribution in [-0.2, 0) is 6.42 Å². The van der Waals surface area contributed by atoms with Gasteiger partial charge in [0.1, 0.15) is 5.82 Å². The minimum atomic E-state index is -0.893. The lowest BCUT2D eigenvalue weighted by Gasteiger charge is -2.32. The number of nitrogens with zero attached hydrogens (tertiary/aromatic N) is 1. The Morgan fingerprint density at radius 2 is 1.95 bits per heavy atom. The Balaban J connectivity index is 2.15. The third-order valence-electron chi connectivity index (χ3n) is 4.02. The number of carbonyl (C=O) groups is 1. The van der Waals surface area contributed by atoms with Gasteiger partial charge in [-0.05, 0) is 49.7 Å². The minimum Gasteiger partial charge on any atom is -0.478 e. The van der Waals surface area contributed by atoms with Crippen LogP contribution in [0.1, 0.15) is 56.1 Å². The van der Waals surface area contributed by atoms with E-state index in [-0.39, 0.29) is 0 Å². The van der Waals surface area contributed by atoms with E-state index in [0.29, 0.717) is 29.3 Å². The number of anilines is 1. The van der Waals surface area contributed by atoms with Crippen molar-refractivity contribution in [2.75, 3.05) is 5.32 Å². The molecular weight excluding hydrogens is 252 g/mol. The standard InChI is InChI=1S/C16H24N2O2/c1-4-13-8-12(16(19)20)9-15(17-13)18-14-6-10(2)5-11(3)7-14/h8-11,14H,4-7H2,1-3H3,(H,17,18)(H,19,20). The average Bonchev–Trinajstić information content (AvgIpc) is 2.36. The first-order valence-corrected chi connectivity index (χ1v) is 7.48. The third kappa shape index (κ3) is 3.71. The number of aromatic nitrogens is 1. The van der Waals surface area contributed by atoms with Gasteiger partial charge in [0, 0.05) is 11.7 Å². The lowest BCUT2D eigenvalue weighted by atomic mass is 9.80. The van der Waals surface area contributed by atoms with Gasteiger partial charge in [-0.3, -0.25) is 0 Å². The number of hydrogen-bond donors (Lipinski definition) is 2. The van der Waals surface area contributed by atoms with Gasteiger partial charge in [-0.1, -0.05) is 20.8 Å². The van der Waals surface area contributed by atoms with E-state index >= 15 is 0 Å². The molecule has 1 heterocycles. The summed E-state index contributed by atoms with van der Waals surface area (Å²) in [7, 11) is 0. The van der Waals surface area contributed by atoms with Gasteiger partial charge in [0.25, 0.3) is 0 Å². The second-order valence-corrected chi connectivity index (χ2v) is 6.15. The number of aryl methyl sites for hydroxylation is 1. The minimum absolute atomic E-state index is 0.316. The van der Waals surface area contributed by atoms with Crippen molar-refractivity contribution in [2.24, 2.45) is 11.8 Å². The molecule has 1 aromatic heterocycles. The Morgan fingerprint density at radius 3 is 2.50 bits per heavy atom. The number of nitrogens with one attached hydrogen (secondary N) is 1. The molecule has 2 rings (SSSR count). The highest BCUT2D eigenvalue weighted by atomic mass is 16.4. The Kier molecular flexibility index (Phi) is 4.63. The fourth-order valence-electron chi connectivity index (χ4n) is 3.24. The maximum atomic E-state index is 11.2. The average molecular weight is 276 g/mol. The van der Waals surface area contributed by atoms with Crippen molar-refractivity contribution < 1.29 is 9.90 Å². The second-order valence-electron chi connectivity index (χ2n) is 6.15. The summed E-state index contributed by atoms with van der Waals surface area (Å²) < 4.78 is 0. The Morgan fingerprint density at radius 1 is 1.30 bits per heavy atom. The fourth-order valence-corrected chi connectivity index (χ4v) is 3.24. The van der Waals surface area contributed by atoms with Gasteiger partial charge >= 0.3 is 5.97 Å². The first-order chi connectivity index (χ1) is 9.47. The van der Waals surface area contributed by atoms with Crippen LogP contribution in [0.2, 0.25) is 0 Å². The van der Waals surface area contributed by atoms with Crippen LogP contribution in [0, 0.1) is 11.8 Å². The van der Waals surface area contributed by atoms with Crippen LogP contribution in [0.15, 0.2) is 12.1 Å². The molecule has 4 heteroatoms. The Hall–Kier alpha value is -1.58. The smallest absolute Gasteiger partial charge is 0.335 e. The van der Waals surface area contributed by atoms with E-state index in [1.807, 2.05) is 6.92 Å². The summed E-state index contributed by atoms with van der Waals surface area (Å²) in [5.41, 5.74) is 1.14. The van der Waals surface area contributed by atoms with Crippen molar-refractivity contribution in [3.8, 4) is 0 Å². The predicted octanol–water partition coefficient (Wildman–Crippen LogP) is 3.58. The number of hydrogen-bond acceptors (Lipinski definition) is 3. The predicted molar refractivity (Wildman–Crippen MR) is 80.2 cm³/mol. The SMILES string of the molecule is CCc1cc(C(=O)O)cc(NC2CC(C)CC(C)C2)n1. The molecule has 4 nitrogen and oxygen atoms in total. The zero-order valence-electron chi connectivity index (χ0n) is 12.5. The summed E-state index contributed by atoms with van der Waals surface area (Å²) in [5.74, 6) is 1.23. The summed E-state index contributed by atoms with van der Waals surface area (Å²) >= 11 is 0. The maximum Gasteiger partial charge on any atom is 0.335 e. The highest BCUT2D eigenvalue weighted by Crippen LogP contribution is 2.30. The molecule has 0 bridgehead atoms. The molecule has 1 saturated carbocycles. The van der Waals surface area contributed by atoms with Crippen LogP contribution in [-0.4, -0.2) is 22.1 Å². The summed E-state index contributed by atoms with van der Waals surface area (Å²) in [6.45, 7) is 6.55. The molecule has 0 spiro atoms. The van der Waals surface area contributed by atoms with Crippen LogP contribution in [0.25, 0.3) is 0 Å². The van der Waals surface area contributed by atoms with Crippen molar-refractivity contribution in [1.82, 2.24) is 4.98 Å². The highest BCUT2D eigenvalue weighted by molar-refractivity contribution is 5.88. The number of carboxylic acid groups (broad SMARTS) is 1. The van der Waals surface area contributed by atoms with Crippen LogP contribution < -0.4 is 5.32 Å². The molecule has 0 saturated heterocycles. The number of carboxylic acids is 1. The molecule has 1 aromatic rings. The van der Waals surface area contributed by atoms with Crippen LogP contribution >= 0.6 is 0 Å². The highest BCUT2D eigenvalue weighted by Gasteiger charge is 2.24. The molecule has 0 radical (unpaired) electrons. The van der Waals surface area contributed by atoms with Crippen molar-refractivity contribution in [3.63, 3.8) is 0 Å². The zero-order valence-corrected chi connectivity index (χ0v) is 12.5. The molecule has 2 atom stereocenters. The van der Waals surface area contributed by atoms with E-state index in [1.54, 1.807) is 12.1 Å². The second kappa shape index (κ2) is 6.25. The largest absolute Gasteiger partial charge is 0.478 e. The van der Waals surface area contributed by atoms with E-state index < -0.39 is 5.97 Å². The van der Waals surface area contributed by atoms with E-state index in [4.69, 9.17) is 5.11 Å². The fraction of sp³-hybridized carbons (Fsp3) is 0.625. The van der Waals surface area contributed by atoms with Crippen molar-refractivity contribution >= 4 is 11.8 Å². The van der Waals surface area contributed by atoms with Crippen LogP contribution in [0.3, 0.4) is 0 Å². The molecule has 1 aliphatic carbocycles. The lowest BCUT2D eigenvalue weighted by Crippen LogP contribution is -2.30. The summed E-state index contributed by atoms with van der Waals surface area (Å²) in [4.78, 5) is 15.7. The number of pyridine rings is 1. The van der Waals surface area contributed by atoms with Gasteiger partial charge in [-0.2, -0.15) is 0 Å². The van der Waals surface area contributed by atoms with E-state index in [0.717, 1.165) is 25.0 Å². The van der Waals surface area contributed by atoms with Crippen LogP contribution in [0.5, 0.6) is 0 Å². The Labute approximate surface area is 120 Å². The topological polar surface area (TPSA) is 62.2 Å². The van der Waals surface area contributed by atoms with Gasteiger partial charge in [0.15, 0.2) is 0 Å². The molecule has 110 valence electrons. The van der Waals surface area contributed by atoms with Crippen molar-refractivity contribution in [3.05, 3.63) is 23.4 Å². The molecule has 1 aliphatic rings. The van der Waals surface area contributed by atoms with Crippen molar-refractivity contribution in [1.29, 1.82) is 0 Å². The quantitative estimate of drug-likeness (QED) is 0.882. The summed E-state index contributed by atoms with van der Waals surface area (Å²) in [6, 6.07) is 3.69. The van der Waals surface area contributed by atoms with Gasteiger partial charge in [0.2, 0.25) is 0 Å².